The number of aliphatic hydroxyl groups is 1. The number of primary amides is 1. The molecule has 0 aliphatic carbocycles. The van der Waals surface area contributed by atoms with Crippen LogP contribution >= 0.6 is 0 Å². The number of urea groups is 1. The molecule has 0 aromatic heterocycles. The molecule has 3 amide bonds. The lowest BCUT2D eigenvalue weighted by Gasteiger charge is -2.28. The number of methoxy groups -OCH3 is 1. The number of anilines is 1. The highest BCUT2D eigenvalue weighted by Gasteiger charge is 2.21. The van der Waals surface area contributed by atoms with E-state index in [1.165, 1.54) is 12.1 Å². The Morgan fingerprint density at radius 2 is 1.71 bits per heavy atom. The number of ether oxygens (including phenoxy) is 1. The number of nitrogens with two attached hydrogens (primary N) is 1. The molecule has 0 aliphatic heterocycles. The summed E-state index contributed by atoms with van der Waals surface area (Å²) in [6.07, 6.45) is 0.0773. The minimum atomic E-state index is -0.871. The number of carbonyl (C=O) groups excluding carboxylic acids is 2. The molecule has 0 saturated heterocycles. The van der Waals surface area contributed by atoms with E-state index in [0.717, 1.165) is 22.4 Å². The minimum Gasteiger partial charge on any atom is -0.506 e. The van der Waals surface area contributed by atoms with Gasteiger partial charge in [0.25, 0.3) is 0 Å². The summed E-state index contributed by atoms with van der Waals surface area (Å²) in [7, 11) is 1.62. The second-order valence-corrected chi connectivity index (χ2v) is 9.84. The van der Waals surface area contributed by atoms with E-state index >= 15 is 0 Å². The molecular formula is C29H36N4O5. The quantitative estimate of drug-likeness (QED) is 0.202. The lowest BCUT2D eigenvalue weighted by Crippen LogP contribution is -2.43. The van der Waals surface area contributed by atoms with Crippen LogP contribution in [0.1, 0.15) is 42.2 Å². The van der Waals surface area contributed by atoms with Gasteiger partial charge in [-0.25, -0.2) is 4.79 Å². The van der Waals surface area contributed by atoms with E-state index < -0.39 is 12.1 Å². The van der Waals surface area contributed by atoms with Crippen LogP contribution in [0.5, 0.6) is 11.5 Å². The van der Waals surface area contributed by atoms with Gasteiger partial charge in [0.1, 0.15) is 11.5 Å². The first-order chi connectivity index (χ1) is 18.0. The van der Waals surface area contributed by atoms with Crippen molar-refractivity contribution in [2.75, 3.05) is 19.0 Å². The fourth-order valence-electron chi connectivity index (χ4n) is 4.10. The van der Waals surface area contributed by atoms with Crippen LogP contribution in [-0.4, -0.2) is 41.3 Å². The maximum absolute atomic E-state index is 12.5. The smallest absolute Gasteiger partial charge is 0.316 e. The molecular weight excluding hydrogens is 484 g/mol. The van der Waals surface area contributed by atoms with Crippen LogP contribution in [0, 0.1) is 0 Å². The van der Waals surface area contributed by atoms with Crippen molar-refractivity contribution in [3.63, 3.8) is 0 Å². The van der Waals surface area contributed by atoms with Crippen LogP contribution < -0.4 is 26.4 Å². The van der Waals surface area contributed by atoms with Gasteiger partial charge in [-0.1, -0.05) is 42.5 Å². The summed E-state index contributed by atoms with van der Waals surface area (Å²) in [6.45, 7) is 4.76. The van der Waals surface area contributed by atoms with Crippen molar-refractivity contribution in [2.45, 2.75) is 44.9 Å². The van der Waals surface area contributed by atoms with E-state index in [2.05, 4.69) is 16.0 Å². The number of phenols is 1. The number of β-amino-alcohol motifs (C(OH)–C–C–N with tert-alkyl or cyclic N) is 1. The van der Waals surface area contributed by atoms with E-state index in [0.29, 0.717) is 18.5 Å². The van der Waals surface area contributed by atoms with Gasteiger partial charge in [0.2, 0.25) is 5.91 Å². The average Bonchev–Trinajstić information content (AvgIpc) is 2.87. The number of hydrogen-bond acceptors (Lipinski definition) is 6. The lowest BCUT2D eigenvalue weighted by molar-refractivity contribution is -0.120. The van der Waals surface area contributed by atoms with Gasteiger partial charge in [0.05, 0.1) is 25.3 Å². The Morgan fingerprint density at radius 3 is 2.39 bits per heavy atom. The highest BCUT2D eigenvalue weighted by molar-refractivity contribution is 5.89. The number of nitrogens with one attached hydrogen (secondary N) is 3. The molecule has 0 heterocycles. The highest BCUT2D eigenvalue weighted by atomic mass is 16.5. The van der Waals surface area contributed by atoms with Gasteiger partial charge in [-0.2, -0.15) is 0 Å². The minimum absolute atomic E-state index is 0.0578. The number of carbonyl (C=O) groups is 2. The summed E-state index contributed by atoms with van der Waals surface area (Å²) in [4.78, 5) is 23.6. The van der Waals surface area contributed by atoms with Crippen molar-refractivity contribution in [3.8, 4) is 11.5 Å². The van der Waals surface area contributed by atoms with Crippen molar-refractivity contribution in [1.82, 2.24) is 10.6 Å². The summed E-state index contributed by atoms with van der Waals surface area (Å²) in [6, 6.07) is 19.2. The van der Waals surface area contributed by atoms with Crippen LogP contribution in [0.15, 0.2) is 66.7 Å². The fourth-order valence-corrected chi connectivity index (χ4v) is 4.10. The monoisotopic (exact) mass is 520 g/mol. The SMILES string of the molecule is COc1ccc(CNC(=O)Cc2cccc(CC(C)(C)NC[C@H](O)c3ccc(O)c(NC(N)=O)c3)c2)cc1. The number of aromatic hydroxyl groups is 1. The number of benzene rings is 3. The number of phenolic OH excluding ortho intramolecular Hbond substituents is 1. The number of hydrogen-bond donors (Lipinski definition) is 6. The molecule has 0 bridgehead atoms. The van der Waals surface area contributed by atoms with Crippen molar-refractivity contribution in [2.24, 2.45) is 5.73 Å². The molecule has 0 saturated carbocycles. The largest absolute Gasteiger partial charge is 0.506 e. The Bertz CT molecular complexity index is 1240. The molecule has 9 nitrogen and oxygen atoms in total. The van der Waals surface area contributed by atoms with E-state index in [9.17, 15) is 19.8 Å². The second-order valence-electron chi connectivity index (χ2n) is 9.84. The van der Waals surface area contributed by atoms with Gasteiger partial charge in [-0.3, -0.25) is 4.79 Å². The fraction of sp³-hybridized carbons (Fsp3) is 0.310. The Kier molecular flexibility index (Phi) is 9.70. The van der Waals surface area contributed by atoms with Crippen molar-refractivity contribution in [3.05, 3.63) is 89.0 Å². The number of amides is 3. The molecule has 7 N–H and O–H groups in total. The van der Waals surface area contributed by atoms with Crippen LogP contribution in [0.25, 0.3) is 0 Å². The molecule has 3 aromatic rings. The van der Waals surface area contributed by atoms with E-state index in [4.69, 9.17) is 10.5 Å². The Balaban J connectivity index is 1.52. The first-order valence-corrected chi connectivity index (χ1v) is 12.3. The van der Waals surface area contributed by atoms with Crippen molar-refractivity contribution >= 4 is 17.6 Å². The summed E-state index contributed by atoms with van der Waals surface area (Å²) in [5, 5.41) is 29.2. The topological polar surface area (TPSA) is 146 Å². The maximum atomic E-state index is 12.5. The van der Waals surface area contributed by atoms with Gasteiger partial charge < -0.3 is 36.6 Å². The van der Waals surface area contributed by atoms with Crippen molar-refractivity contribution in [1.29, 1.82) is 0 Å². The average molecular weight is 521 g/mol. The van der Waals surface area contributed by atoms with Crippen LogP contribution in [-0.2, 0) is 24.2 Å². The third-order valence-corrected chi connectivity index (χ3v) is 6.09. The van der Waals surface area contributed by atoms with Gasteiger partial charge in [-0.05, 0) is 66.8 Å². The molecule has 38 heavy (non-hydrogen) atoms. The van der Waals surface area contributed by atoms with E-state index in [-0.39, 0.29) is 35.8 Å². The Hall–Kier alpha value is -4.08. The predicted octanol–water partition coefficient (Wildman–Crippen LogP) is 3.39. The molecule has 0 radical (unpaired) electrons. The summed E-state index contributed by atoms with van der Waals surface area (Å²) in [5.74, 6) is 0.579. The molecule has 3 aromatic carbocycles. The zero-order valence-electron chi connectivity index (χ0n) is 22.0. The van der Waals surface area contributed by atoms with E-state index in [1.54, 1.807) is 13.2 Å². The predicted molar refractivity (Wildman–Crippen MR) is 147 cm³/mol. The maximum Gasteiger partial charge on any atom is 0.316 e. The standard InChI is InChI=1S/C29H36N4O5/c1-29(2,32-18-26(35)22-9-12-25(34)24(15-22)33-28(30)37)16-21-6-4-5-20(13-21)14-27(36)31-17-19-7-10-23(38-3)11-8-19/h4-13,15,26,32,34-35H,14,16-18H2,1-3H3,(H,31,36)(H3,30,33,37)/t26-/m0/s1. The van der Waals surface area contributed by atoms with Gasteiger partial charge >= 0.3 is 6.03 Å². The van der Waals surface area contributed by atoms with Crippen LogP contribution in [0.4, 0.5) is 10.5 Å². The number of rotatable bonds is 12. The molecule has 202 valence electrons. The van der Waals surface area contributed by atoms with Gasteiger partial charge in [0.15, 0.2) is 0 Å². The molecule has 0 aliphatic rings. The normalized spacial score (nSPS) is 12.0. The molecule has 0 fully saturated rings. The van der Waals surface area contributed by atoms with Crippen LogP contribution in [0.3, 0.4) is 0 Å². The Labute approximate surface area is 223 Å². The molecule has 1 atom stereocenters. The third-order valence-electron chi connectivity index (χ3n) is 6.09. The summed E-state index contributed by atoms with van der Waals surface area (Å²) in [5.41, 5.74) is 8.42. The molecule has 3 rings (SSSR count). The summed E-state index contributed by atoms with van der Waals surface area (Å²) >= 11 is 0. The zero-order valence-corrected chi connectivity index (χ0v) is 22.0. The number of aliphatic hydroxyl groups excluding tert-OH is 1. The lowest BCUT2D eigenvalue weighted by atomic mass is 9.93. The Morgan fingerprint density at radius 1 is 1.00 bits per heavy atom. The highest BCUT2D eigenvalue weighted by Crippen LogP contribution is 2.27. The molecule has 0 unspecified atom stereocenters. The summed E-state index contributed by atoms with van der Waals surface area (Å²) < 4.78 is 5.16. The molecule has 9 heteroatoms. The molecule has 0 spiro atoms. The van der Waals surface area contributed by atoms with Crippen molar-refractivity contribution < 1.29 is 24.5 Å². The zero-order chi connectivity index (χ0) is 27.7. The second kappa shape index (κ2) is 12.9. The van der Waals surface area contributed by atoms with Gasteiger partial charge in [0, 0.05) is 18.6 Å². The first-order valence-electron chi connectivity index (χ1n) is 12.3. The van der Waals surface area contributed by atoms with E-state index in [1.807, 2.05) is 62.4 Å². The first kappa shape index (κ1) is 28.5. The third kappa shape index (κ3) is 8.79. The van der Waals surface area contributed by atoms with Crippen LogP contribution in [0.2, 0.25) is 0 Å². The van der Waals surface area contributed by atoms with Gasteiger partial charge in [-0.15, -0.1) is 0 Å².